The maximum Gasteiger partial charge on any atom is 0.104 e. The summed E-state index contributed by atoms with van der Waals surface area (Å²) in [5, 5.41) is 25.7. The molecule has 0 amide bonds. The van der Waals surface area contributed by atoms with Gasteiger partial charge in [0.15, 0.2) is 0 Å². The fraction of sp³-hybridized carbons (Fsp3) is 0.0750. The van der Waals surface area contributed by atoms with E-state index in [-0.39, 0.29) is 5.41 Å². The molecule has 0 fully saturated rings. The zero-order chi connectivity index (χ0) is 30.4. The van der Waals surface area contributed by atoms with E-state index < -0.39 is 0 Å². The predicted molar refractivity (Wildman–Crippen MR) is 180 cm³/mol. The molecule has 0 radical (unpaired) electrons. The van der Waals surface area contributed by atoms with E-state index in [9.17, 15) is 10.5 Å². The van der Waals surface area contributed by atoms with Crippen molar-refractivity contribution in [2.24, 2.45) is 0 Å². The second-order valence-corrected chi connectivity index (χ2v) is 12.3. The highest BCUT2D eigenvalue weighted by molar-refractivity contribution is 6.12. The van der Waals surface area contributed by atoms with E-state index in [0.29, 0.717) is 16.8 Å². The van der Waals surface area contributed by atoms with Crippen molar-refractivity contribution < 1.29 is 0 Å². The zero-order valence-corrected chi connectivity index (χ0v) is 24.7. The molecule has 45 heavy (non-hydrogen) atoms. The molecular formula is C40H25N5. The molecule has 3 aromatic heterocycles. The van der Waals surface area contributed by atoms with Crippen LogP contribution in [0.3, 0.4) is 0 Å². The Labute approximate surface area is 259 Å². The van der Waals surface area contributed by atoms with Crippen molar-refractivity contribution >= 4 is 43.6 Å². The third-order valence-electron chi connectivity index (χ3n) is 9.70. The Morgan fingerprint density at radius 2 is 1.29 bits per heavy atom. The van der Waals surface area contributed by atoms with Crippen LogP contribution in [0, 0.1) is 22.7 Å². The molecule has 210 valence electrons. The highest BCUT2D eigenvalue weighted by atomic mass is 15.0. The van der Waals surface area contributed by atoms with E-state index in [2.05, 4.69) is 101 Å². The van der Waals surface area contributed by atoms with Gasteiger partial charge in [-0.15, -0.1) is 0 Å². The summed E-state index contributed by atoms with van der Waals surface area (Å²) in [6.45, 7) is 4.53. The second kappa shape index (κ2) is 8.92. The number of rotatable bonds is 2. The molecule has 0 bridgehead atoms. The first-order chi connectivity index (χ1) is 22.0. The van der Waals surface area contributed by atoms with Crippen LogP contribution in [-0.4, -0.2) is 14.1 Å². The average Bonchev–Trinajstić information content (AvgIpc) is 3.66. The van der Waals surface area contributed by atoms with E-state index in [0.717, 1.165) is 49.3 Å². The monoisotopic (exact) mass is 575 g/mol. The third kappa shape index (κ3) is 3.22. The molecule has 3 heterocycles. The molecule has 5 aromatic carbocycles. The fourth-order valence-electron chi connectivity index (χ4n) is 7.68. The summed E-state index contributed by atoms with van der Waals surface area (Å²) in [5.41, 5.74) is 10.8. The second-order valence-electron chi connectivity index (χ2n) is 12.3. The van der Waals surface area contributed by atoms with Gasteiger partial charge < -0.3 is 9.13 Å². The van der Waals surface area contributed by atoms with Gasteiger partial charge in [0.05, 0.1) is 39.0 Å². The highest BCUT2D eigenvalue weighted by Gasteiger charge is 2.36. The quantitative estimate of drug-likeness (QED) is 0.206. The van der Waals surface area contributed by atoms with Gasteiger partial charge in [0.25, 0.3) is 0 Å². The van der Waals surface area contributed by atoms with E-state index in [1.165, 1.54) is 22.3 Å². The smallest absolute Gasteiger partial charge is 0.104 e. The number of hydrogen-bond acceptors (Lipinski definition) is 3. The number of hydrogen-bond donors (Lipinski definition) is 0. The molecule has 1 aliphatic rings. The number of pyridine rings is 1. The Hall–Kier alpha value is -6.17. The largest absolute Gasteiger partial charge is 0.308 e. The summed E-state index contributed by atoms with van der Waals surface area (Å²) in [6, 6.07) is 40.4. The van der Waals surface area contributed by atoms with Crippen LogP contribution >= 0.6 is 0 Å². The van der Waals surface area contributed by atoms with Gasteiger partial charge in [0.1, 0.15) is 17.7 Å². The summed E-state index contributed by atoms with van der Waals surface area (Å²) >= 11 is 0. The van der Waals surface area contributed by atoms with Crippen molar-refractivity contribution in [1.29, 1.82) is 10.5 Å². The maximum atomic E-state index is 11.0. The first-order valence-corrected chi connectivity index (χ1v) is 15.0. The van der Waals surface area contributed by atoms with Crippen molar-refractivity contribution in [3.63, 3.8) is 0 Å². The van der Waals surface area contributed by atoms with Crippen molar-refractivity contribution in [3.05, 3.63) is 138 Å². The van der Waals surface area contributed by atoms with Crippen molar-refractivity contribution in [3.8, 4) is 34.6 Å². The first-order valence-electron chi connectivity index (χ1n) is 15.0. The minimum absolute atomic E-state index is 0.208. The lowest BCUT2D eigenvalue weighted by Gasteiger charge is -2.22. The van der Waals surface area contributed by atoms with Crippen molar-refractivity contribution in [2.75, 3.05) is 0 Å². The summed E-state index contributed by atoms with van der Waals surface area (Å²) in [7, 11) is 0. The molecule has 0 saturated carbocycles. The molecule has 0 unspecified atom stereocenters. The Kier molecular flexibility index (Phi) is 5.03. The van der Waals surface area contributed by atoms with Gasteiger partial charge in [-0.1, -0.05) is 74.5 Å². The van der Waals surface area contributed by atoms with Gasteiger partial charge in [0.2, 0.25) is 0 Å². The number of fused-ring (bicyclic) bond motifs is 9. The average molecular weight is 576 g/mol. The number of nitrogens with zero attached hydrogens (tertiary/aromatic N) is 5. The number of benzene rings is 5. The highest BCUT2D eigenvalue weighted by Crippen LogP contribution is 2.51. The van der Waals surface area contributed by atoms with E-state index >= 15 is 0 Å². The van der Waals surface area contributed by atoms with Crippen LogP contribution < -0.4 is 0 Å². The fourth-order valence-corrected chi connectivity index (χ4v) is 7.68. The minimum Gasteiger partial charge on any atom is -0.308 e. The molecule has 0 saturated heterocycles. The SMILES string of the molecule is CC1(C)c2ccccc2-c2cc3c4cnccc4n(-c4c(C#N)ccc(-n5c6ccccc6c6ccccc65)c4C#N)c3cc21. The Balaban J connectivity index is 1.43. The molecule has 0 N–H and O–H groups in total. The van der Waals surface area contributed by atoms with Crippen LogP contribution in [0.15, 0.2) is 116 Å². The topological polar surface area (TPSA) is 70.3 Å². The lowest BCUT2D eigenvalue weighted by Crippen LogP contribution is -2.15. The molecule has 5 nitrogen and oxygen atoms in total. The Morgan fingerprint density at radius 3 is 2.02 bits per heavy atom. The van der Waals surface area contributed by atoms with Crippen LogP contribution in [0.25, 0.3) is 66.1 Å². The lowest BCUT2D eigenvalue weighted by atomic mass is 9.82. The summed E-state index contributed by atoms with van der Waals surface area (Å²) in [4.78, 5) is 4.50. The molecule has 5 heteroatoms. The molecule has 1 aliphatic carbocycles. The van der Waals surface area contributed by atoms with Crippen LogP contribution in [0.4, 0.5) is 0 Å². The summed E-state index contributed by atoms with van der Waals surface area (Å²) < 4.78 is 4.26. The normalized spacial score (nSPS) is 13.2. The van der Waals surface area contributed by atoms with Crippen molar-refractivity contribution in [2.45, 2.75) is 19.3 Å². The van der Waals surface area contributed by atoms with Gasteiger partial charge in [-0.25, -0.2) is 0 Å². The van der Waals surface area contributed by atoms with Gasteiger partial charge >= 0.3 is 0 Å². The first kappa shape index (κ1) is 25.3. The lowest BCUT2D eigenvalue weighted by molar-refractivity contribution is 0.661. The van der Waals surface area contributed by atoms with Crippen molar-refractivity contribution in [1.82, 2.24) is 14.1 Å². The van der Waals surface area contributed by atoms with Gasteiger partial charge in [-0.2, -0.15) is 10.5 Å². The Morgan fingerprint density at radius 1 is 0.600 bits per heavy atom. The van der Waals surface area contributed by atoms with Crippen LogP contribution in [0.1, 0.15) is 36.1 Å². The van der Waals surface area contributed by atoms with Gasteiger partial charge in [0, 0.05) is 39.4 Å². The van der Waals surface area contributed by atoms with E-state index in [1.54, 1.807) is 6.20 Å². The van der Waals surface area contributed by atoms with Crippen LogP contribution in [0.5, 0.6) is 0 Å². The molecule has 0 atom stereocenters. The van der Waals surface area contributed by atoms with E-state index in [4.69, 9.17) is 0 Å². The zero-order valence-electron chi connectivity index (χ0n) is 24.7. The minimum atomic E-state index is -0.208. The summed E-state index contributed by atoms with van der Waals surface area (Å²) in [6.07, 6.45) is 3.67. The Bertz CT molecular complexity index is 2600. The molecule has 9 rings (SSSR count). The molecular weight excluding hydrogens is 550 g/mol. The van der Waals surface area contributed by atoms with Crippen LogP contribution in [0.2, 0.25) is 0 Å². The third-order valence-corrected chi connectivity index (χ3v) is 9.70. The van der Waals surface area contributed by atoms with E-state index in [1.807, 2.05) is 48.7 Å². The van der Waals surface area contributed by atoms with Gasteiger partial charge in [-0.3, -0.25) is 4.98 Å². The predicted octanol–water partition coefficient (Wildman–Crippen LogP) is 9.33. The molecule has 0 spiro atoms. The maximum absolute atomic E-state index is 11.0. The number of para-hydroxylation sites is 2. The molecule has 0 aliphatic heterocycles. The summed E-state index contributed by atoms with van der Waals surface area (Å²) in [5.74, 6) is 0. The van der Waals surface area contributed by atoms with Gasteiger partial charge in [-0.05, 0) is 64.7 Å². The standard InChI is InChI=1S/C40H25N5/c1-40(2)32-12-6-3-9-25(32)28-19-29-31-23-43-18-17-37(31)45(38(29)20-33(28)40)39-24(21-41)15-16-36(30(39)22-42)44-34-13-7-4-10-26(34)27-11-5-8-14-35(27)44/h3-20,23H,1-2H3. The number of nitriles is 2. The molecule has 8 aromatic rings. The van der Waals surface area contributed by atoms with Crippen LogP contribution in [-0.2, 0) is 5.41 Å². The number of aromatic nitrogens is 3.